The smallest absolute Gasteiger partial charge is 0.414 e. The summed E-state index contributed by atoms with van der Waals surface area (Å²) in [7, 11) is -7.50. The normalized spacial score (nSPS) is 38.9. The second-order valence-corrected chi connectivity index (χ2v) is 31.1. The predicted molar refractivity (Wildman–Crippen MR) is 168 cm³/mol. The topological polar surface area (TPSA) is 65.3 Å². The van der Waals surface area contributed by atoms with E-state index in [2.05, 4.69) is 39.3 Å². The van der Waals surface area contributed by atoms with Crippen LogP contribution in [0.5, 0.6) is 0 Å². The van der Waals surface area contributed by atoms with Gasteiger partial charge in [0.25, 0.3) is 0 Å². The lowest BCUT2D eigenvalue weighted by molar-refractivity contribution is 0.285. The number of rotatable bonds is 15. The lowest BCUT2D eigenvalue weighted by atomic mass is 9.88. The van der Waals surface area contributed by atoms with Crippen LogP contribution in [0.25, 0.3) is 0 Å². The molecule has 3 saturated carbocycles. The van der Waals surface area contributed by atoms with Gasteiger partial charge < -0.3 is 26.6 Å². The van der Waals surface area contributed by atoms with E-state index in [0.717, 1.165) is 17.8 Å². The van der Waals surface area contributed by atoms with Crippen LogP contribution in [0.4, 0.5) is 0 Å². The van der Waals surface area contributed by atoms with Crippen LogP contribution < -0.4 is 0 Å². The number of fused-ring (bicyclic) bond motifs is 3. The maximum Gasteiger partial charge on any atom is 0.544 e. The molecule has 1 radical (unpaired) electrons. The minimum atomic E-state index is -1.91. The maximum absolute atomic E-state index is 7.06. The van der Waals surface area contributed by atoms with Gasteiger partial charge in [-0.25, -0.2) is 0 Å². The second kappa shape index (κ2) is 12.2. The van der Waals surface area contributed by atoms with Gasteiger partial charge in [-0.2, -0.15) is 0 Å². The van der Waals surface area contributed by atoms with Crippen LogP contribution in [0.3, 0.4) is 0 Å². The minimum Gasteiger partial charge on any atom is -0.414 e. The Morgan fingerprint density at radius 1 is 0.475 bits per heavy atom. The average Bonchev–Trinajstić information content (AvgIpc) is 3.77. The van der Waals surface area contributed by atoms with Crippen molar-refractivity contribution < 1.29 is 26.6 Å². The third-order valence-corrected chi connectivity index (χ3v) is 24.0. The molecule has 3 saturated heterocycles. The first-order valence-corrected chi connectivity index (χ1v) is 27.4. The summed E-state index contributed by atoms with van der Waals surface area (Å²) in [5.74, 6) is 2.43. The first-order chi connectivity index (χ1) is 18.9. The molecule has 0 aromatic heterocycles. The standard InChI is InChI=1S/C30H57O6Si4/c1-38(2,16-13-22-7-10-25-28(19-22)31-25)34-37(35-39(3,4)17-14-23-8-11-26-29(20-23)32-26)36-40(5,6)18-15-24-9-12-27-30(21-24)33-27/h22-30H,7-21H2,1-6H3. The average molecular weight is 626 g/mol. The zero-order chi connectivity index (χ0) is 28.1. The van der Waals surface area contributed by atoms with E-state index in [9.17, 15) is 0 Å². The lowest BCUT2D eigenvalue weighted by Crippen LogP contribution is -2.52. The SMILES string of the molecule is C[Si](C)(CCC1CCC2OC2C1)O[Si](O[Si](C)(C)CCC1CCC2OC2C1)O[Si](C)(C)CCC1CCC2OC2C1. The van der Waals surface area contributed by atoms with E-state index in [0.29, 0.717) is 36.6 Å². The highest BCUT2D eigenvalue weighted by Crippen LogP contribution is 2.44. The van der Waals surface area contributed by atoms with Crippen LogP contribution >= 0.6 is 0 Å². The Kier molecular flexibility index (Phi) is 9.34. The summed E-state index contributed by atoms with van der Waals surface area (Å²) in [5.41, 5.74) is 0. The number of ether oxygens (including phenoxy) is 3. The van der Waals surface area contributed by atoms with Gasteiger partial charge in [0.2, 0.25) is 0 Å². The molecule has 9 atom stereocenters. The van der Waals surface area contributed by atoms with Crippen LogP contribution in [0.1, 0.15) is 77.0 Å². The van der Waals surface area contributed by atoms with Crippen molar-refractivity contribution in [3.8, 4) is 0 Å². The Hall–Kier alpha value is 0.628. The van der Waals surface area contributed by atoms with Gasteiger partial charge in [0.05, 0.1) is 36.6 Å². The van der Waals surface area contributed by atoms with E-state index >= 15 is 0 Å². The molecule has 0 spiro atoms. The van der Waals surface area contributed by atoms with Crippen molar-refractivity contribution in [2.24, 2.45) is 17.8 Å². The molecule has 0 amide bonds. The highest BCUT2D eigenvalue weighted by Gasteiger charge is 2.47. The Morgan fingerprint density at radius 2 is 0.775 bits per heavy atom. The van der Waals surface area contributed by atoms with E-state index in [-0.39, 0.29) is 0 Å². The second-order valence-electron chi connectivity index (χ2n) is 16.1. The first-order valence-electron chi connectivity index (χ1n) is 16.8. The van der Waals surface area contributed by atoms with Crippen molar-refractivity contribution >= 4 is 34.5 Å². The van der Waals surface area contributed by atoms with Gasteiger partial charge in [0.15, 0.2) is 25.0 Å². The zero-order valence-corrected chi connectivity index (χ0v) is 30.3. The Balaban J connectivity index is 1.03. The monoisotopic (exact) mass is 625 g/mol. The number of hydrogen-bond acceptors (Lipinski definition) is 6. The molecule has 6 rings (SSSR count). The number of hydrogen-bond donors (Lipinski definition) is 0. The van der Waals surface area contributed by atoms with Gasteiger partial charge in [-0.1, -0.05) is 19.3 Å². The van der Waals surface area contributed by atoms with Crippen molar-refractivity contribution in [2.75, 3.05) is 0 Å². The molecular weight excluding hydrogens is 569 g/mol. The molecule has 0 bridgehead atoms. The number of epoxide rings is 3. The molecule has 0 aromatic carbocycles. The van der Waals surface area contributed by atoms with Crippen molar-refractivity contribution in [1.82, 2.24) is 0 Å². The molecule has 6 nitrogen and oxygen atoms in total. The third-order valence-electron chi connectivity index (χ3n) is 10.9. The van der Waals surface area contributed by atoms with Crippen LogP contribution in [-0.4, -0.2) is 71.1 Å². The van der Waals surface area contributed by atoms with Crippen LogP contribution in [0, 0.1) is 17.8 Å². The summed E-state index contributed by atoms with van der Waals surface area (Å²) in [6.45, 7) is 14.5. The Bertz CT molecular complexity index is 764. The highest BCUT2D eigenvalue weighted by atomic mass is 28.5. The van der Waals surface area contributed by atoms with E-state index in [1.807, 2.05) is 0 Å². The van der Waals surface area contributed by atoms with Gasteiger partial charge in [-0.15, -0.1) is 0 Å². The van der Waals surface area contributed by atoms with Crippen molar-refractivity contribution in [1.29, 1.82) is 0 Å². The molecule has 0 aromatic rings. The molecule has 6 aliphatic rings. The molecule has 229 valence electrons. The van der Waals surface area contributed by atoms with Gasteiger partial charge in [0, 0.05) is 0 Å². The predicted octanol–water partition coefficient (Wildman–Crippen LogP) is 7.51. The summed E-state index contributed by atoms with van der Waals surface area (Å²) in [6, 6.07) is 3.61. The lowest BCUT2D eigenvalue weighted by Gasteiger charge is -2.37. The quantitative estimate of drug-likeness (QED) is 0.139. The van der Waals surface area contributed by atoms with E-state index in [4.69, 9.17) is 26.6 Å². The van der Waals surface area contributed by atoms with Crippen LogP contribution in [-0.2, 0) is 26.6 Å². The first kappa shape index (κ1) is 30.6. The molecule has 3 aliphatic heterocycles. The molecule has 40 heavy (non-hydrogen) atoms. The van der Waals surface area contributed by atoms with Crippen LogP contribution in [0.2, 0.25) is 57.4 Å². The van der Waals surface area contributed by atoms with Gasteiger partial charge in [-0.3, -0.25) is 0 Å². The maximum atomic E-state index is 7.06. The molecule has 9 unspecified atom stereocenters. The summed E-state index contributed by atoms with van der Waals surface area (Å²) < 4.78 is 38.6. The van der Waals surface area contributed by atoms with Gasteiger partial charge >= 0.3 is 9.53 Å². The minimum absolute atomic E-state index is 0.567. The fraction of sp³-hybridized carbons (Fsp3) is 1.00. The van der Waals surface area contributed by atoms with Gasteiger partial charge in [0.1, 0.15) is 0 Å². The van der Waals surface area contributed by atoms with Crippen LogP contribution in [0.15, 0.2) is 0 Å². The van der Waals surface area contributed by atoms with E-state index in [1.54, 1.807) is 0 Å². The summed E-state index contributed by atoms with van der Waals surface area (Å²) in [6.07, 6.45) is 18.9. The third kappa shape index (κ3) is 8.85. The Morgan fingerprint density at radius 3 is 1.05 bits per heavy atom. The largest absolute Gasteiger partial charge is 0.544 e. The van der Waals surface area contributed by atoms with Crippen molar-refractivity contribution in [3.05, 3.63) is 0 Å². The van der Waals surface area contributed by atoms with E-state index in [1.165, 1.54) is 95.2 Å². The Labute approximate surface area is 249 Å². The van der Waals surface area contributed by atoms with Crippen molar-refractivity contribution in [3.63, 3.8) is 0 Å². The molecule has 6 fully saturated rings. The highest BCUT2D eigenvalue weighted by molar-refractivity contribution is 6.84. The van der Waals surface area contributed by atoms with E-state index < -0.39 is 34.5 Å². The van der Waals surface area contributed by atoms with Gasteiger partial charge in [-0.05, 0) is 133 Å². The fourth-order valence-corrected chi connectivity index (χ4v) is 19.4. The summed E-state index contributed by atoms with van der Waals surface area (Å²) in [5, 5.41) is 0. The molecule has 0 N–H and O–H groups in total. The summed E-state index contributed by atoms with van der Waals surface area (Å²) >= 11 is 0. The fourth-order valence-electron chi connectivity index (χ4n) is 7.79. The molecule has 3 aliphatic carbocycles. The summed E-state index contributed by atoms with van der Waals surface area (Å²) in [4.78, 5) is 0. The zero-order valence-electron chi connectivity index (χ0n) is 26.3. The molecule has 10 heteroatoms. The van der Waals surface area contributed by atoms with Crippen molar-refractivity contribution in [2.45, 2.75) is 171 Å². The molecular formula is C30H57O6Si4. The molecule has 3 heterocycles.